The Bertz CT molecular complexity index is 1000. The van der Waals surface area contributed by atoms with Crippen molar-refractivity contribution >= 4 is 0 Å². The highest BCUT2D eigenvalue weighted by Gasteiger charge is 2.27. The van der Waals surface area contributed by atoms with Crippen molar-refractivity contribution in [2.75, 3.05) is 13.7 Å². The lowest BCUT2D eigenvalue weighted by Crippen LogP contribution is -2.22. The van der Waals surface area contributed by atoms with E-state index >= 15 is 0 Å². The zero-order valence-electron chi connectivity index (χ0n) is 18.6. The molecule has 2 nitrogen and oxygen atoms in total. The van der Waals surface area contributed by atoms with Gasteiger partial charge < -0.3 is 9.47 Å². The third kappa shape index (κ3) is 5.71. The van der Waals surface area contributed by atoms with Gasteiger partial charge in [0.05, 0.1) is 19.8 Å². The molecular formula is C27H29F3O2. The second kappa shape index (κ2) is 10.7. The maximum atomic E-state index is 14.9. The van der Waals surface area contributed by atoms with E-state index in [2.05, 4.69) is 13.2 Å². The molecule has 0 heterocycles. The van der Waals surface area contributed by atoms with Gasteiger partial charge in [-0.15, -0.1) is 0 Å². The number of hydrogen-bond donors (Lipinski definition) is 0. The maximum Gasteiger partial charge on any atom is 0.166 e. The molecule has 0 bridgehead atoms. The van der Waals surface area contributed by atoms with E-state index in [1.807, 2.05) is 19.1 Å². The van der Waals surface area contributed by atoms with Crippen molar-refractivity contribution in [2.24, 2.45) is 0 Å². The number of halogens is 3. The van der Waals surface area contributed by atoms with E-state index in [0.717, 1.165) is 18.4 Å². The van der Waals surface area contributed by atoms with Gasteiger partial charge in [-0.3, -0.25) is 0 Å². The first-order valence-electron chi connectivity index (χ1n) is 10.7. The van der Waals surface area contributed by atoms with Crippen LogP contribution in [-0.4, -0.2) is 19.8 Å². The first-order valence-corrected chi connectivity index (χ1v) is 10.7. The van der Waals surface area contributed by atoms with Crippen LogP contribution in [0.25, 0.3) is 11.1 Å². The molecule has 1 fully saturated rings. The highest BCUT2D eigenvalue weighted by Crippen LogP contribution is 2.38. The molecule has 0 unspecified atom stereocenters. The molecule has 2 aromatic rings. The average Bonchev–Trinajstić information content (AvgIpc) is 2.80. The van der Waals surface area contributed by atoms with Crippen LogP contribution in [0.2, 0.25) is 0 Å². The molecule has 3 rings (SSSR count). The van der Waals surface area contributed by atoms with Gasteiger partial charge in [-0.25, -0.2) is 13.2 Å². The Morgan fingerprint density at radius 1 is 1.00 bits per heavy atom. The van der Waals surface area contributed by atoms with Gasteiger partial charge >= 0.3 is 0 Å². The largest absolute Gasteiger partial charge is 0.494 e. The van der Waals surface area contributed by atoms with Crippen LogP contribution in [0.15, 0.2) is 72.8 Å². The molecule has 0 spiro atoms. The van der Waals surface area contributed by atoms with Crippen molar-refractivity contribution in [2.45, 2.75) is 44.6 Å². The lowest BCUT2D eigenvalue weighted by molar-refractivity contribution is 0.0393. The molecule has 0 N–H and O–H groups in total. The Kier molecular flexibility index (Phi) is 7.97. The van der Waals surface area contributed by atoms with Gasteiger partial charge in [-0.2, -0.15) is 0 Å². The Morgan fingerprint density at radius 3 is 2.28 bits per heavy atom. The second-order valence-corrected chi connectivity index (χ2v) is 8.26. The van der Waals surface area contributed by atoms with Gasteiger partial charge in [0.25, 0.3) is 0 Å². The Hall–Kier alpha value is -2.79. The van der Waals surface area contributed by atoms with Crippen LogP contribution in [0, 0.1) is 18.6 Å². The molecule has 5 heteroatoms. The zero-order valence-corrected chi connectivity index (χ0v) is 18.6. The molecule has 1 aliphatic carbocycles. The monoisotopic (exact) mass is 442 g/mol. The van der Waals surface area contributed by atoms with Gasteiger partial charge in [-0.1, -0.05) is 55.1 Å². The molecule has 170 valence electrons. The van der Waals surface area contributed by atoms with Gasteiger partial charge in [0.15, 0.2) is 17.5 Å². The van der Waals surface area contributed by atoms with E-state index in [4.69, 9.17) is 9.47 Å². The van der Waals surface area contributed by atoms with Crippen molar-refractivity contribution in [1.29, 1.82) is 0 Å². The minimum Gasteiger partial charge on any atom is -0.494 e. The highest BCUT2D eigenvalue weighted by atomic mass is 19.2. The van der Waals surface area contributed by atoms with Crippen molar-refractivity contribution in [3.63, 3.8) is 0 Å². The predicted molar refractivity (Wildman–Crippen MR) is 122 cm³/mol. The van der Waals surface area contributed by atoms with Crippen LogP contribution < -0.4 is 0 Å². The minimum atomic E-state index is -0.799. The number of rotatable bonds is 8. The summed E-state index contributed by atoms with van der Waals surface area (Å²) in [5.41, 5.74) is 2.90. The van der Waals surface area contributed by atoms with Crippen molar-refractivity contribution in [3.8, 4) is 11.1 Å². The van der Waals surface area contributed by atoms with Crippen molar-refractivity contribution < 1.29 is 22.6 Å². The van der Waals surface area contributed by atoms with E-state index in [-0.39, 0.29) is 30.0 Å². The van der Waals surface area contributed by atoms with E-state index in [9.17, 15) is 13.2 Å². The maximum absolute atomic E-state index is 14.9. The van der Waals surface area contributed by atoms with E-state index in [1.165, 1.54) is 13.2 Å². The van der Waals surface area contributed by atoms with Crippen LogP contribution in [0.5, 0.6) is 0 Å². The summed E-state index contributed by atoms with van der Waals surface area (Å²) in [6.45, 7) is 9.38. The third-order valence-electron chi connectivity index (χ3n) is 5.94. The summed E-state index contributed by atoms with van der Waals surface area (Å²) in [5, 5.41) is 0. The standard InChI is InChI=1S/C27H29F3O2/c1-17-5-7-20(8-6-17)23-13-14-24(27(30)26(23)29)21-9-11-22(12-10-21)32-16-18(2)15-25(28)19(3)31-4/h5-8,13-15,21-22H,2-3,9-12,16H2,1,4H3/b25-15+. The normalized spacial score (nSPS) is 19.0. The van der Waals surface area contributed by atoms with Gasteiger partial charge in [0, 0.05) is 5.56 Å². The van der Waals surface area contributed by atoms with Crippen LogP contribution in [-0.2, 0) is 9.47 Å². The number of ether oxygens (including phenoxy) is 2. The van der Waals surface area contributed by atoms with Crippen LogP contribution in [0.1, 0.15) is 42.7 Å². The fraction of sp³-hybridized carbons (Fsp3) is 0.333. The first kappa shape index (κ1) is 23.9. The summed E-state index contributed by atoms with van der Waals surface area (Å²) >= 11 is 0. The summed E-state index contributed by atoms with van der Waals surface area (Å²) in [6, 6.07) is 10.7. The smallest absolute Gasteiger partial charge is 0.166 e. The number of aryl methyl sites for hydroxylation is 1. The van der Waals surface area contributed by atoms with Gasteiger partial charge in [-0.05, 0) is 61.3 Å². The first-order chi connectivity index (χ1) is 15.3. The van der Waals surface area contributed by atoms with Gasteiger partial charge in [0.1, 0.15) is 5.76 Å². The summed E-state index contributed by atoms with van der Waals surface area (Å²) in [6.07, 6.45) is 4.05. The molecule has 1 saturated carbocycles. The molecule has 0 aliphatic heterocycles. The lowest BCUT2D eigenvalue weighted by atomic mass is 9.82. The van der Waals surface area contributed by atoms with Crippen LogP contribution >= 0.6 is 0 Å². The molecule has 0 saturated heterocycles. The van der Waals surface area contributed by atoms with Crippen LogP contribution in [0.4, 0.5) is 13.2 Å². The number of allylic oxidation sites excluding steroid dienone is 1. The minimum absolute atomic E-state index is 0.0233. The van der Waals surface area contributed by atoms with Crippen molar-refractivity contribution in [1.82, 2.24) is 0 Å². The zero-order chi connectivity index (χ0) is 23.3. The summed E-state index contributed by atoms with van der Waals surface area (Å²) < 4.78 is 54.0. The molecule has 1 aliphatic rings. The fourth-order valence-electron chi connectivity index (χ4n) is 4.00. The Balaban J connectivity index is 1.58. The van der Waals surface area contributed by atoms with E-state index < -0.39 is 17.5 Å². The third-order valence-corrected chi connectivity index (χ3v) is 5.94. The topological polar surface area (TPSA) is 18.5 Å². The Morgan fingerprint density at radius 2 is 1.66 bits per heavy atom. The molecule has 0 atom stereocenters. The fourth-order valence-corrected chi connectivity index (χ4v) is 4.00. The van der Waals surface area contributed by atoms with Gasteiger partial charge in [0.2, 0.25) is 0 Å². The highest BCUT2D eigenvalue weighted by molar-refractivity contribution is 5.65. The molecule has 0 aromatic heterocycles. The number of methoxy groups -OCH3 is 1. The molecule has 2 aromatic carbocycles. The molecule has 0 amide bonds. The summed E-state index contributed by atoms with van der Waals surface area (Å²) in [7, 11) is 1.35. The number of benzene rings is 2. The van der Waals surface area contributed by atoms with Crippen molar-refractivity contribution in [3.05, 3.63) is 95.6 Å². The SMILES string of the molecule is C=C(/C=C(/F)C(=C)OC)COC1CCC(c2ccc(-c3ccc(C)cc3)c(F)c2F)CC1. The summed E-state index contributed by atoms with van der Waals surface area (Å²) in [4.78, 5) is 0. The molecule has 0 radical (unpaired) electrons. The molecule has 32 heavy (non-hydrogen) atoms. The number of hydrogen-bond acceptors (Lipinski definition) is 2. The Labute approximate surface area is 188 Å². The van der Waals surface area contributed by atoms with E-state index in [1.54, 1.807) is 24.3 Å². The average molecular weight is 443 g/mol. The van der Waals surface area contributed by atoms with Crippen LogP contribution in [0.3, 0.4) is 0 Å². The second-order valence-electron chi connectivity index (χ2n) is 8.26. The summed E-state index contributed by atoms with van der Waals surface area (Å²) in [5.74, 6) is -2.26. The lowest BCUT2D eigenvalue weighted by Gasteiger charge is -2.29. The quantitative estimate of drug-likeness (QED) is 0.310. The van der Waals surface area contributed by atoms with E-state index in [0.29, 0.717) is 29.5 Å². The molecular weight excluding hydrogens is 413 g/mol. The predicted octanol–water partition coefficient (Wildman–Crippen LogP) is 7.55.